The molecule has 31 heavy (non-hydrogen) atoms. The fourth-order valence-electron chi connectivity index (χ4n) is 3.77. The number of pyridine rings is 1. The van der Waals surface area contributed by atoms with Gasteiger partial charge in [0.1, 0.15) is 17.3 Å². The van der Waals surface area contributed by atoms with Gasteiger partial charge in [-0.3, -0.25) is 24.5 Å². The molecule has 2 heterocycles. The van der Waals surface area contributed by atoms with Crippen molar-refractivity contribution < 1.29 is 23.9 Å². The van der Waals surface area contributed by atoms with Crippen LogP contribution in [-0.2, 0) is 19.1 Å². The molecule has 0 radical (unpaired) electrons. The SMILES string of the molecule is CC(C)(C)OC(=O)[C@H]1CC[C@H](Nc2ccc(C(=O)NC3CCC(=O)NC3=O)nc2)CC1. The molecule has 1 saturated carbocycles. The summed E-state index contributed by atoms with van der Waals surface area (Å²) in [5, 5.41) is 8.22. The Morgan fingerprint density at radius 1 is 1.10 bits per heavy atom. The third kappa shape index (κ3) is 6.50. The number of esters is 1. The lowest BCUT2D eigenvalue weighted by Gasteiger charge is -2.30. The third-order valence-corrected chi connectivity index (χ3v) is 5.38. The van der Waals surface area contributed by atoms with Gasteiger partial charge in [-0.05, 0) is 65.0 Å². The number of carbonyl (C=O) groups excluding carboxylic acids is 4. The van der Waals surface area contributed by atoms with Crippen molar-refractivity contribution in [2.75, 3.05) is 5.32 Å². The molecule has 0 bridgehead atoms. The number of rotatable bonds is 5. The zero-order valence-corrected chi connectivity index (χ0v) is 18.2. The maximum Gasteiger partial charge on any atom is 0.309 e. The van der Waals surface area contributed by atoms with Gasteiger partial charge in [0.15, 0.2) is 0 Å². The van der Waals surface area contributed by atoms with Crippen LogP contribution in [0.4, 0.5) is 5.69 Å². The average molecular weight is 431 g/mol. The standard InChI is InChI=1S/C22H30N4O5/c1-22(2,3)31-21(30)13-4-6-14(7-5-13)24-15-8-9-16(23-12-15)19(28)25-17-10-11-18(27)26-20(17)29/h8-9,12-14,17,24H,4-7,10-11H2,1-3H3,(H,25,28)(H,26,27,29)/t13-,14-,17?. The molecule has 3 N–H and O–H groups in total. The lowest BCUT2D eigenvalue weighted by molar-refractivity contribution is -0.161. The molecule has 168 valence electrons. The van der Waals surface area contributed by atoms with E-state index in [-0.39, 0.29) is 42.4 Å². The van der Waals surface area contributed by atoms with Gasteiger partial charge >= 0.3 is 5.97 Å². The largest absolute Gasteiger partial charge is 0.460 e. The highest BCUT2D eigenvalue weighted by Crippen LogP contribution is 2.28. The van der Waals surface area contributed by atoms with Gasteiger partial charge in [0.2, 0.25) is 11.8 Å². The zero-order valence-electron chi connectivity index (χ0n) is 18.2. The smallest absolute Gasteiger partial charge is 0.309 e. The molecule has 3 rings (SSSR count). The highest BCUT2D eigenvalue weighted by Gasteiger charge is 2.30. The Morgan fingerprint density at radius 3 is 2.39 bits per heavy atom. The average Bonchev–Trinajstić information content (AvgIpc) is 2.70. The predicted molar refractivity (Wildman–Crippen MR) is 113 cm³/mol. The van der Waals surface area contributed by atoms with Crippen LogP contribution in [0.2, 0.25) is 0 Å². The molecule has 1 saturated heterocycles. The topological polar surface area (TPSA) is 126 Å². The summed E-state index contributed by atoms with van der Waals surface area (Å²) in [4.78, 5) is 51.7. The van der Waals surface area contributed by atoms with Crippen LogP contribution in [0, 0.1) is 5.92 Å². The van der Waals surface area contributed by atoms with Crippen molar-refractivity contribution in [1.29, 1.82) is 0 Å². The van der Waals surface area contributed by atoms with Gasteiger partial charge in [-0.2, -0.15) is 0 Å². The molecular weight excluding hydrogens is 400 g/mol. The van der Waals surface area contributed by atoms with E-state index in [2.05, 4.69) is 20.9 Å². The molecule has 3 amide bonds. The number of amides is 3. The van der Waals surface area contributed by atoms with Crippen LogP contribution in [0.5, 0.6) is 0 Å². The van der Waals surface area contributed by atoms with Crippen LogP contribution in [0.25, 0.3) is 0 Å². The molecule has 1 aliphatic heterocycles. The molecule has 1 unspecified atom stereocenters. The van der Waals surface area contributed by atoms with Crippen LogP contribution in [0.3, 0.4) is 0 Å². The number of hydrogen-bond acceptors (Lipinski definition) is 7. The number of carbonyl (C=O) groups is 4. The number of hydrogen-bond donors (Lipinski definition) is 3. The second-order valence-electron chi connectivity index (χ2n) is 9.14. The molecule has 1 aliphatic carbocycles. The normalized spacial score (nSPS) is 24.2. The molecule has 0 aromatic carbocycles. The second-order valence-corrected chi connectivity index (χ2v) is 9.14. The van der Waals surface area contributed by atoms with Gasteiger partial charge in [-0.1, -0.05) is 0 Å². The number of ether oxygens (including phenoxy) is 1. The van der Waals surface area contributed by atoms with E-state index >= 15 is 0 Å². The zero-order chi connectivity index (χ0) is 22.6. The highest BCUT2D eigenvalue weighted by atomic mass is 16.6. The third-order valence-electron chi connectivity index (χ3n) is 5.38. The first-order chi connectivity index (χ1) is 14.6. The Morgan fingerprint density at radius 2 is 1.81 bits per heavy atom. The maximum absolute atomic E-state index is 12.3. The van der Waals surface area contributed by atoms with Gasteiger partial charge in [0.05, 0.1) is 17.8 Å². The first kappa shape index (κ1) is 22.7. The van der Waals surface area contributed by atoms with Crippen LogP contribution in [0.1, 0.15) is 69.8 Å². The van der Waals surface area contributed by atoms with Crippen molar-refractivity contribution in [3.8, 4) is 0 Å². The number of piperidine rings is 1. The maximum atomic E-state index is 12.3. The van der Waals surface area contributed by atoms with E-state index in [0.717, 1.165) is 31.4 Å². The first-order valence-corrected chi connectivity index (χ1v) is 10.7. The molecule has 2 fully saturated rings. The van der Waals surface area contributed by atoms with Crippen LogP contribution >= 0.6 is 0 Å². The fraction of sp³-hybridized carbons (Fsp3) is 0.591. The Balaban J connectivity index is 1.47. The minimum atomic E-state index is -0.732. The van der Waals surface area contributed by atoms with E-state index < -0.39 is 23.5 Å². The van der Waals surface area contributed by atoms with E-state index in [4.69, 9.17) is 4.74 Å². The molecule has 0 spiro atoms. The van der Waals surface area contributed by atoms with Gasteiger partial charge < -0.3 is 15.4 Å². The molecule has 9 heteroatoms. The number of aromatic nitrogens is 1. The molecular formula is C22H30N4O5. The lowest BCUT2D eigenvalue weighted by atomic mass is 9.86. The van der Waals surface area contributed by atoms with Crippen LogP contribution < -0.4 is 16.0 Å². The van der Waals surface area contributed by atoms with Crippen molar-refractivity contribution in [1.82, 2.24) is 15.6 Å². The summed E-state index contributed by atoms with van der Waals surface area (Å²) in [5.74, 6) is -1.47. The minimum absolute atomic E-state index is 0.0613. The van der Waals surface area contributed by atoms with Gasteiger partial charge in [-0.25, -0.2) is 4.98 Å². The summed E-state index contributed by atoms with van der Waals surface area (Å²) in [6.07, 6.45) is 5.30. The molecule has 1 aromatic rings. The van der Waals surface area contributed by atoms with E-state index in [0.29, 0.717) is 0 Å². The highest BCUT2D eigenvalue weighted by molar-refractivity contribution is 6.03. The minimum Gasteiger partial charge on any atom is -0.460 e. The van der Waals surface area contributed by atoms with Crippen LogP contribution in [0.15, 0.2) is 18.3 Å². The van der Waals surface area contributed by atoms with E-state index in [1.54, 1.807) is 18.3 Å². The molecule has 2 aliphatic rings. The summed E-state index contributed by atoms with van der Waals surface area (Å²) < 4.78 is 5.48. The Bertz CT molecular complexity index is 838. The van der Waals surface area contributed by atoms with Gasteiger partial charge in [-0.15, -0.1) is 0 Å². The number of nitrogens with one attached hydrogen (secondary N) is 3. The second kappa shape index (κ2) is 9.45. The van der Waals surface area contributed by atoms with Gasteiger partial charge in [0, 0.05) is 12.5 Å². The predicted octanol–water partition coefficient (Wildman–Crippen LogP) is 1.93. The van der Waals surface area contributed by atoms with Crippen molar-refractivity contribution in [3.63, 3.8) is 0 Å². The lowest BCUT2D eigenvalue weighted by Crippen LogP contribution is -2.52. The Hall–Kier alpha value is -2.97. The van der Waals surface area contributed by atoms with Crippen molar-refractivity contribution >= 4 is 29.4 Å². The Labute approximate surface area is 181 Å². The first-order valence-electron chi connectivity index (χ1n) is 10.7. The molecule has 1 atom stereocenters. The van der Waals surface area contributed by atoms with Gasteiger partial charge in [0.25, 0.3) is 5.91 Å². The quantitative estimate of drug-likeness (QED) is 0.481. The summed E-state index contributed by atoms with van der Waals surface area (Å²) in [5.41, 5.74) is 0.520. The number of imide groups is 1. The summed E-state index contributed by atoms with van der Waals surface area (Å²) in [6.45, 7) is 5.62. The summed E-state index contributed by atoms with van der Waals surface area (Å²) in [6, 6.07) is 2.86. The van der Waals surface area contributed by atoms with E-state index in [1.165, 1.54) is 0 Å². The fourth-order valence-corrected chi connectivity index (χ4v) is 3.77. The summed E-state index contributed by atoms with van der Waals surface area (Å²) in [7, 11) is 0. The Kier molecular flexibility index (Phi) is 6.92. The monoisotopic (exact) mass is 430 g/mol. The van der Waals surface area contributed by atoms with Crippen LogP contribution in [-0.4, -0.2) is 46.4 Å². The van der Waals surface area contributed by atoms with Crippen molar-refractivity contribution in [3.05, 3.63) is 24.0 Å². The summed E-state index contributed by atoms with van der Waals surface area (Å²) >= 11 is 0. The van der Waals surface area contributed by atoms with Crippen molar-refractivity contribution in [2.45, 2.75) is 77.0 Å². The van der Waals surface area contributed by atoms with E-state index in [1.807, 2.05) is 20.8 Å². The number of nitrogens with zero attached hydrogens (tertiary/aromatic N) is 1. The molecule has 9 nitrogen and oxygen atoms in total. The van der Waals surface area contributed by atoms with Crippen molar-refractivity contribution in [2.24, 2.45) is 5.92 Å². The number of anilines is 1. The molecule has 1 aromatic heterocycles. The van der Waals surface area contributed by atoms with E-state index in [9.17, 15) is 19.2 Å².